The standard InChI is InChI=1S/C16H26N2O/c1-14-5-7-16(8-6-14)19-13-15(9-10-17)18-11-3-2-4-12-18/h5-8,15H,2-4,9-13,17H2,1H3. The maximum atomic E-state index is 5.93. The molecule has 0 aliphatic carbocycles. The molecule has 0 aromatic heterocycles. The largest absolute Gasteiger partial charge is 0.492 e. The summed E-state index contributed by atoms with van der Waals surface area (Å²) in [7, 11) is 0. The third-order valence-corrected chi connectivity index (χ3v) is 3.87. The van der Waals surface area contributed by atoms with Gasteiger partial charge in [-0.2, -0.15) is 0 Å². The summed E-state index contributed by atoms with van der Waals surface area (Å²) in [6.45, 7) is 5.97. The number of rotatable bonds is 6. The maximum absolute atomic E-state index is 5.93. The van der Waals surface area contributed by atoms with Gasteiger partial charge in [-0.05, 0) is 58.0 Å². The Balaban J connectivity index is 1.87. The first-order valence-electron chi connectivity index (χ1n) is 7.43. The highest BCUT2D eigenvalue weighted by molar-refractivity contribution is 5.26. The number of benzene rings is 1. The second-order valence-corrected chi connectivity index (χ2v) is 5.45. The molecule has 0 amide bonds. The molecule has 1 aromatic carbocycles. The van der Waals surface area contributed by atoms with Crippen molar-refractivity contribution in [3.8, 4) is 5.75 Å². The summed E-state index contributed by atoms with van der Waals surface area (Å²) in [5, 5.41) is 0. The van der Waals surface area contributed by atoms with Gasteiger partial charge in [-0.25, -0.2) is 0 Å². The van der Waals surface area contributed by atoms with Crippen LogP contribution < -0.4 is 10.5 Å². The number of piperidine rings is 1. The van der Waals surface area contributed by atoms with Crippen LogP contribution in [0.25, 0.3) is 0 Å². The normalized spacial score (nSPS) is 18.2. The minimum Gasteiger partial charge on any atom is -0.492 e. The van der Waals surface area contributed by atoms with E-state index < -0.39 is 0 Å². The molecule has 0 bridgehead atoms. The first-order chi connectivity index (χ1) is 9.29. The average molecular weight is 262 g/mol. The van der Waals surface area contributed by atoms with Gasteiger partial charge in [0, 0.05) is 6.04 Å². The van der Waals surface area contributed by atoms with Crippen molar-refractivity contribution in [3.63, 3.8) is 0 Å². The summed E-state index contributed by atoms with van der Waals surface area (Å²) in [6, 6.07) is 8.74. The minimum atomic E-state index is 0.464. The van der Waals surface area contributed by atoms with E-state index in [0.717, 1.165) is 25.3 Å². The van der Waals surface area contributed by atoms with E-state index in [2.05, 4.69) is 24.0 Å². The molecule has 1 aromatic rings. The molecule has 1 fully saturated rings. The lowest BCUT2D eigenvalue weighted by Crippen LogP contribution is -2.43. The lowest BCUT2D eigenvalue weighted by Gasteiger charge is -2.34. The van der Waals surface area contributed by atoms with Crippen molar-refractivity contribution in [1.29, 1.82) is 0 Å². The van der Waals surface area contributed by atoms with Crippen LogP contribution >= 0.6 is 0 Å². The van der Waals surface area contributed by atoms with E-state index in [1.165, 1.54) is 37.9 Å². The fourth-order valence-corrected chi connectivity index (χ4v) is 2.67. The van der Waals surface area contributed by atoms with Crippen molar-refractivity contribution >= 4 is 0 Å². The van der Waals surface area contributed by atoms with Crippen molar-refractivity contribution in [2.45, 2.75) is 38.6 Å². The van der Waals surface area contributed by atoms with Crippen molar-refractivity contribution in [3.05, 3.63) is 29.8 Å². The molecule has 3 nitrogen and oxygen atoms in total. The second kappa shape index (κ2) is 7.51. The summed E-state index contributed by atoms with van der Waals surface area (Å²) < 4.78 is 5.93. The number of likely N-dealkylation sites (tertiary alicyclic amines) is 1. The highest BCUT2D eigenvalue weighted by Crippen LogP contribution is 2.17. The van der Waals surface area contributed by atoms with Crippen LogP contribution in [0, 0.1) is 6.92 Å². The van der Waals surface area contributed by atoms with E-state index in [1.54, 1.807) is 0 Å². The zero-order valence-corrected chi connectivity index (χ0v) is 12.0. The Morgan fingerprint density at radius 2 is 1.84 bits per heavy atom. The molecule has 1 aliphatic heterocycles. The predicted molar refractivity (Wildman–Crippen MR) is 79.6 cm³/mol. The number of hydrogen-bond donors (Lipinski definition) is 1. The Labute approximate surface area is 116 Å². The first kappa shape index (κ1) is 14.4. The quantitative estimate of drug-likeness (QED) is 0.856. The van der Waals surface area contributed by atoms with Crippen LogP contribution in [0.3, 0.4) is 0 Å². The topological polar surface area (TPSA) is 38.5 Å². The number of ether oxygens (including phenoxy) is 1. The Bertz CT molecular complexity index is 358. The summed E-state index contributed by atoms with van der Waals surface area (Å²) in [4.78, 5) is 2.55. The van der Waals surface area contributed by atoms with Gasteiger partial charge in [-0.3, -0.25) is 4.90 Å². The van der Waals surface area contributed by atoms with Gasteiger partial charge in [0.1, 0.15) is 12.4 Å². The number of aryl methyl sites for hydroxylation is 1. The van der Waals surface area contributed by atoms with E-state index in [4.69, 9.17) is 10.5 Å². The van der Waals surface area contributed by atoms with Crippen LogP contribution in [-0.4, -0.2) is 37.2 Å². The Hall–Kier alpha value is -1.06. The van der Waals surface area contributed by atoms with E-state index in [0.29, 0.717) is 6.04 Å². The molecule has 2 N–H and O–H groups in total. The van der Waals surface area contributed by atoms with Gasteiger partial charge in [0.25, 0.3) is 0 Å². The molecule has 0 spiro atoms. The smallest absolute Gasteiger partial charge is 0.119 e. The van der Waals surface area contributed by atoms with Gasteiger partial charge in [-0.15, -0.1) is 0 Å². The molecular formula is C16H26N2O. The molecule has 3 heteroatoms. The molecule has 1 heterocycles. The average Bonchev–Trinajstić information content (AvgIpc) is 2.46. The third-order valence-electron chi connectivity index (χ3n) is 3.87. The summed E-state index contributed by atoms with van der Waals surface area (Å²) in [5.41, 5.74) is 7.01. The molecule has 1 atom stereocenters. The second-order valence-electron chi connectivity index (χ2n) is 5.45. The van der Waals surface area contributed by atoms with Crippen molar-refractivity contribution in [2.24, 2.45) is 5.73 Å². The highest BCUT2D eigenvalue weighted by Gasteiger charge is 2.20. The summed E-state index contributed by atoms with van der Waals surface area (Å²) in [5.74, 6) is 0.963. The molecule has 0 saturated carbocycles. The summed E-state index contributed by atoms with van der Waals surface area (Å²) >= 11 is 0. The van der Waals surface area contributed by atoms with Crippen molar-refractivity contribution in [2.75, 3.05) is 26.2 Å². The van der Waals surface area contributed by atoms with Crippen LogP contribution in [0.1, 0.15) is 31.2 Å². The fourth-order valence-electron chi connectivity index (χ4n) is 2.67. The van der Waals surface area contributed by atoms with E-state index in [9.17, 15) is 0 Å². The van der Waals surface area contributed by atoms with Crippen LogP contribution in [0.2, 0.25) is 0 Å². The van der Waals surface area contributed by atoms with Gasteiger partial charge >= 0.3 is 0 Å². The number of nitrogens with two attached hydrogens (primary N) is 1. The molecule has 2 rings (SSSR count). The SMILES string of the molecule is Cc1ccc(OCC(CCN)N2CCCCC2)cc1. The Kier molecular flexibility index (Phi) is 5.67. The van der Waals surface area contributed by atoms with Crippen molar-refractivity contribution in [1.82, 2.24) is 4.90 Å². The fraction of sp³-hybridized carbons (Fsp3) is 0.625. The zero-order chi connectivity index (χ0) is 13.5. The Morgan fingerprint density at radius 1 is 1.16 bits per heavy atom. The summed E-state index contributed by atoms with van der Waals surface area (Å²) in [6.07, 6.45) is 5.01. The van der Waals surface area contributed by atoms with E-state index >= 15 is 0 Å². The van der Waals surface area contributed by atoms with Crippen LogP contribution in [0.15, 0.2) is 24.3 Å². The monoisotopic (exact) mass is 262 g/mol. The minimum absolute atomic E-state index is 0.464. The third kappa shape index (κ3) is 4.51. The lowest BCUT2D eigenvalue weighted by molar-refractivity contribution is 0.109. The molecule has 1 unspecified atom stereocenters. The van der Waals surface area contributed by atoms with Gasteiger partial charge in [0.15, 0.2) is 0 Å². The van der Waals surface area contributed by atoms with Gasteiger partial charge in [0.2, 0.25) is 0 Å². The van der Waals surface area contributed by atoms with Crippen LogP contribution in [0.4, 0.5) is 0 Å². The molecule has 106 valence electrons. The molecule has 0 radical (unpaired) electrons. The van der Waals surface area contributed by atoms with Gasteiger partial charge < -0.3 is 10.5 Å². The van der Waals surface area contributed by atoms with Crippen molar-refractivity contribution < 1.29 is 4.74 Å². The van der Waals surface area contributed by atoms with Crippen LogP contribution in [-0.2, 0) is 0 Å². The molecular weight excluding hydrogens is 236 g/mol. The molecule has 19 heavy (non-hydrogen) atoms. The molecule has 1 aliphatic rings. The molecule has 1 saturated heterocycles. The highest BCUT2D eigenvalue weighted by atomic mass is 16.5. The zero-order valence-electron chi connectivity index (χ0n) is 12.0. The van der Waals surface area contributed by atoms with E-state index in [-0.39, 0.29) is 0 Å². The lowest BCUT2D eigenvalue weighted by atomic mass is 10.1. The Morgan fingerprint density at radius 3 is 2.47 bits per heavy atom. The first-order valence-corrected chi connectivity index (χ1v) is 7.43. The van der Waals surface area contributed by atoms with E-state index in [1.807, 2.05) is 12.1 Å². The maximum Gasteiger partial charge on any atom is 0.119 e. The van der Waals surface area contributed by atoms with Crippen LogP contribution in [0.5, 0.6) is 5.75 Å². The van der Waals surface area contributed by atoms with Gasteiger partial charge in [-0.1, -0.05) is 24.1 Å². The van der Waals surface area contributed by atoms with Gasteiger partial charge in [0.05, 0.1) is 0 Å². The number of hydrogen-bond acceptors (Lipinski definition) is 3. The predicted octanol–water partition coefficient (Wildman–Crippen LogP) is 2.58. The number of nitrogens with zero attached hydrogens (tertiary/aromatic N) is 1.